The summed E-state index contributed by atoms with van der Waals surface area (Å²) in [4.78, 5) is 29.9. The molecule has 5 rings (SSSR count). The predicted molar refractivity (Wildman–Crippen MR) is 133 cm³/mol. The molecule has 2 aromatic heterocycles. The van der Waals surface area contributed by atoms with Crippen molar-refractivity contribution in [2.75, 3.05) is 10.6 Å². The third-order valence-corrected chi connectivity index (χ3v) is 6.13. The van der Waals surface area contributed by atoms with Crippen LogP contribution >= 0.6 is 11.6 Å². The quantitative estimate of drug-likeness (QED) is 0.327. The first kappa shape index (κ1) is 23.5. The van der Waals surface area contributed by atoms with E-state index in [1.54, 1.807) is 53.5 Å². The third-order valence-electron chi connectivity index (χ3n) is 5.88. The van der Waals surface area contributed by atoms with Gasteiger partial charge in [0.25, 0.3) is 0 Å². The average Bonchev–Trinajstić information content (AvgIpc) is 3.57. The van der Waals surface area contributed by atoms with Crippen LogP contribution < -0.4 is 15.4 Å². The van der Waals surface area contributed by atoms with Crippen LogP contribution in [0, 0.1) is 11.2 Å². The van der Waals surface area contributed by atoms with Crippen LogP contribution in [0.3, 0.4) is 0 Å². The number of amides is 2. The van der Waals surface area contributed by atoms with Gasteiger partial charge in [-0.2, -0.15) is 5.10 Å². The molecule has 36 heavy (non-hydrogen) atoms. The van der Waals surface area contributed by atoms with E-state index in [-0.39, 0.29) is 11.4 Å². The monoisotopic (exact) mass is 505 g/mol. The molecule has 2 heterocycles. The number of hydrogen-bond donors (Lipinski definition) is 2. The van der Waals surface area contributed by atoms with Crippen LogP contribution in [0.25, 0.3) is 11.3 Å². The van der Waals surface area contributed by atoms with Gasteiger partial charge in [0.1, 0.15) is 22.7 Å². The molecule has 0 bridgehead atoms. The lowest BCUT2D eigenvalue weighted by atomic mass is 10.0. The molecule has 2 aromatic carbocycles. The number of nitrogens with one attached hydrogen (secondary N) is 2. The summed E-state index contributed by atoms with van der Waals surface area (Å²) in [5.74, 6) is -0.968. The number of aromatic nitrogens is 3. The fourth-order valence-corrected chi connectivity index (χ4v) is 3.82. The van der Waals surface area contributed by atoms with Crippen molar-refractivity contribution in [3.63, 3.8) is 0 Å². The SMILES string of the molecule is Cn1cc(-c2cc(Oc3ccc(NC(=O)C4(C(=O)Nc5ccc(Cl)cc5)CC4)c(F)c3)ccn2)cn1. The van der Waals surface area contributed by atoms with E-state index in [4.69, 9.17) is 16.3 Å². The van der Waals surface area contributed by atoms with Gasteiger partial charge in [0.15, 0.2) is 0 Å². The molecule has 8 nitrogen and oxygen atoms in total. The van der Waals surface area contributed by atoms with Crippen molar-refractivity contribution in [3.05, 3.63) is 84.0 Å². The van der Waals surface area contributed by atoms with Gasteiger partial charge in [0, 0.05) is 47.8 Å². The van der Waals surface area contributed by atoms with Crippen LogP contribution in [0.2, 0.25) is 5.02 Å². The molecule has 2 N–H and O–H groups in total. The maximum atomic E-state index is 14.8. The van der Waals surface area contributed by atoms with Crippen LogP contribution in [-0.2, 0) is 16.6 Å². The van der Waals surface area contributed by atoms with Crippen molar-refractivity contribution in [2.24, 2.45) is 12.5 Å². The number of nitrogens with zero attached hydrogens (tertiary/aromatic N) is 3. The molecule has 0 unspecified atom stereocenters. The molecular weight excluding hydrogens is 485 g/mol. The summed E-state index contributed by atoms with van der Waals surface area (Å²) in [6.07, 6.45) is 5.86. The number of rotatable bonds is 7. The molecule has 1 fully saturated rings. The highest BCUT2D eigenvalue weighted by Crippen LogP contribution is 2.47. The minimum Gasteiger partial charge on any atom is -0.457 e. The number of aryl methyl sites for hydroxylation is 1. The molecule has 0 radical (unpaired) electrons. The number of pyridine rings is 1. The highest BCUT2D eigenvalue weighted by molar-refractivity contribution is 6.30. The Hall–Kier alpha value is -4.24. The van der Waals surface area contributed by atoms with Gasteiger partial charge >= 0.3 is 0 Å². The lowest BCUT2D eigenvalue weighted by Gasteiger charge is -2.16. The molecule has 10 heteroatoms. The molecule has 2 amide bonds. The Morgan fingerprint density at radius 3 is 2.42 bits per heavy atom. The van der Waals surface area contributed by atoms with Gasteiger partial charge in [0.2, 0.25) is 11.8 Å². The van der Waals surface area contributed by atoms with E-state index in [1.807, 2.05) is 13.2 Å². The molecule has 182 valence electrons. The Kier molecular flexibility index (Phi) is 6.15. The zero-order valence-corrected chi connectivity index (χ0v) is 19.9. The van der Waals surface area contributed by atoms with Crippen molar-refractivity contribution < 1.29 is 18.7 Å². The lowest BCUT2D eigenvalue weighted by Crippen LogP contribution is -2.35. The van der Waals surface area contributed by atoms with E-state index in [9.17, 15) is 14.0 Å². The summed E-state index contributed by atoms with van der Waals surface area (Å²) >= 11 is 5.87. The largest absolute Gasteiger partial charge is 0.457 e. The molecule has 1 aliphatic rings. The van der Waals surface area contributed by atoms with E-state index in [2.05, 4.69) is 20.7 Å². The van der Waals surface area contributed by atoms with Gasteiger partial charge in [-0.15, -0.1) is 0 Å². The van der Waals surface area contributed by atoms with Gasteiger partial charge in [0.05, 0.1) is 17.6 Å². The topological polar surface area (TPSA) is 98.1 Å². The number of benzene rings is 2. The summed E-state index contributed by atoms with van der Waals surface area (Å²) in [5.41, 5.74) is 0.738. The maximum absolute atomic E-state index is 14.8. The van der Waals surface area contributed by atoms with E-state index >= 15 is 0 Å². The Morgan fingerprint density at radius 2 is 1.75 bits per heavy atom. The number of carbonyl (C=O) groups excluding carboxylic acids is 2. The first-order valence-electron chi connectivity index (χ1n) is 11.1. The smallest absolute Gasteiger partial charge is 0.240 e. The Bertz CT molecular complexity index is 1450. The third kappa shape index (κ3) is 4.92. The number of hydrogen-bond acceptors (Lipinski definition) is 5. The number of anilines is 2. The zero-order valence-electron chi connectivity index (χ0n) is 19.2. The predicted octanol–water partition coefficient (Wildman–Crippen LogP) is 5.42. The van der Waals surface area contributed by atoms with Crippen LogP contribution in [-0.4, -0.2) is 26.6 Å². The van der Waals surface area contributed by atoms with E-state index in [0.29, 0.717) is 35.0 Å². The Morgan fingerprint density at radius 1 is 1.03 bits per heavy atom. The zero-order chi connectivity index (χ0) is 25.3. The van der Waals surface area contributed by atoms with Gasteiger partial charge in [-0.3, -0.25) is 19.3 Å². The van der Waals surface area contributed by atoms with Gasteiger partial charge in [-0.05, 0) is 55.3 Å². The molecule has 4 aromatic rings. The number of halogens is 2. The molecule has 0 atom stereocenters. The van der Waals surface area contributed by atoms with Crippen molar-refractivity contribution in [1.82, 2.24) is 14.8 Å². The van der Waals surface area contributed by atoms with E-state index in [1.165, 1.54) is 18.2 Å². The van der Waals surface area contributed by atoms with Crippen molar-refractivity contribution >= 4 is 34.8 Å². The second-order valence-electron chi connectivity index (χ2n) is 8.52. The summed E-state index contributed by atoms with van der Waals surface area (Å²) in [6, 6.07) is 14.1. The summed E-state index contributed by atoms with van der Waals surface area (Å²) < 4.78 is 22.3. The van der Waals surface area contributed by atoms with Gasteiger partial charge in [-0.25, -0.2) is 4.39 Å². The molecule has 1 saturated carbocycles. The summed E-state index contributed by atoms with van der Waals surface area (Å²) in [6.45, 7) is 0. The fourth-order valence-electron chi connectivity index (χ4n) is 3.69. The van der Waals surface area contributed by atoms with Crippen molar-refractivity contribution in [3.8, 4) is 22.8 Å². The average molecular weight is 506 g/mol. The van der Waals surface area contributed by atoms with E-state index in [0.717, 1.165) is 5.56 Å². The summed E-state index contributed by atoms with van der Waals surface area (Å²) in [5, 5.41) is 9.93. The lowest BCUT2D eigenvalue weighted by molar-refractivity contribution is -0.131. The highest BCUT2D eigenvalue weighted by atomic mass is 35.5. The highest BCUT2D eigenvalue weighted by Gasteiger charge is 2.56. The standard InChI is InChI=1S/C26H21ClFN5O3/c1-33-15-16(14-30-33)23-13-20(8-11-29-23)36-19-6-7-22(21(28)12-19)32-25(35)26(9-10-26)24(34)31-18-4-2-17(27)3-5-18/h2-8,11-15H,9-10H2,1H3,(H,31,34)(H,32,35). The van der Waals surface area contributed by atoms with Gasteiger partial charge < -0.3 is 15.4 Å². The Balaban J connectivity index is 1.25. The minimum atomic E-state index is -1.24. The maximum Gasteiger partial charge on any atom is 0.240 e. The van der Waals surface area contributed by atoms with Crippen molar-refractivity contribution in [1.29, 1.82) is 0 Å². The molecular formula is C26H21ClFN5O3. The normalized spacial score (nSPS) is 13.6. The minimum absolute atomic E-state index is 0.0382. The number of carbonyl (C=O) groups is 2. The van der Waals surface area contributed by atoms with Crippen LogP contribution in [0.1, 0.15) is 12.8 Å². The van der Waals surface area contributed by atoms with E-state index < -0.39 is 23.0 Å². The first-order chi connectivity index (χ1) is 17.3. The Labute approximate surface area is 211 Å². The van der Waals surface area contributed by atoms with Crippen LogP contribution in [0.4, 0.5) is 15.8 Å². The number of ether oxygens (including phenoxy) is 1. The molecule has 1 aliphatic carbocycles. The molecule has 0 aliphatic heterocycles. The fraction of sp³-hybridized carbons (Fsp3) is 0.154. The second kappa shape index (κ2) is 9.43. The second-order valence-corrected chi connectivity index (χ2v) is 8.96. The van der Waals surface area contributed by atoms with Crippen LogP contribution in [0.15, 0.2) is 73.2 Å². The summed E-state index contributed by atoms with van der Waals surface area (Å²) in [7, 11) is 1.81. The first-order valence-corrected chi connectivity index (χ1v) is 11.5. The molecule has 0 spiro atoms. The van der Waals surface area contributed by atoms with Crippen molar-refractivity contribution in [2.45, 2.75) is 12.8 Å². The van der Waals surface area contributed by atoms with Crippen LogP contribution in [0.5, 0.6) is 11.5 Å². The van der Waals surface area contributed by atoms with Gasteiger partial charge in [-0.1, -0.05) is 11.6 Å². The molecule has 0 saturated heterocycles.